The van der Waals surface area contributed by atoms with Gasteiger partial charge in [0.05, 0.1) is 5.92 Å². The van der Waals surface area contributed by atoms with Crippen LogP contribution in [0.15, 0.2) is 84.9 Å². The van der Waals surface area contributed by atoms with Gasteiger partial charge in [0, 0.05) is 12.0 Å². The van der Waals surface area contributed by atoms with Gasteiger partial charge in [0.15, 0.2) is 0 Å². The van der Waals surface area contributed by atoms with Crippen molar-refractivity contribution in [2.45, 2.75) is 18.8 Å². The Morgan fingerprint density at radius 1 is 0.929 bits per heavy atom. The minimum atomic E-state index is -0.300. The molecule has 0 aliphatic carbocycles. The van der Waals surface area contributed by atoms with Crippen LogP contribution in [-0.2, 0) is 16.6 Å². The molecule has 1 amide bonds. The van der Waals surface area contributed by atoms with Crippen molar-refractivity contribution >= 4 is 5.91 Å². The highest BCUT2D eigenvalue weighted by molar-refractivity contribution is 5.79. The molecule has 1 atom stereocenters. The lowest BCUT2D eigenvalue weighted by Gasteiger charge is -2.32. The van der Waals surface area contributed by atoms with Crippen LogP contribution in [-0.4, -0.2) is 19.1 Å². The molecule has 3 aromatic carbocycles. The number of amides is 1. The van der Waals surface area contributed by atoms with Gasteiger partial charge >= 0.3 is 0 Å². The molecule has 0 spiro atoms. The number of ether oxygens (including phenoxy) is 1. The second kappa shape index (κ2) is 7.89. The molecule has 0 radical (unpaired) electrons. The van der Waals surface area contributed by atoms with E-state index in [9.17, 15) is 4.79 Å². The Morgan fingerprint density at radius 2 is 1.50 bits per heavy atom. The molecule has 142 valence electrons. The van der Waals surface area contributed by atoms with Crippen molar-refractivity contribution in [1.29, 1.82) is 0 Å². The van der Waals surface area contributed by atoms with Crippen molar-refractivity contribution in [2.24, 2.45) is 5.92 Å². The third-order valence-electron chi connectivity index (χ3n) is 5.69. The molecule has 4 rings (SSSR count). The van der Waals surface area contributed by atoms with E-state index in [1.54, 1.807) is 0 Å². The highest BCUT2D eigenvalue weighted by Gasteiger charge is 2.32. The predicted molar refractivity (Wildman–Crippen MR) is 111 cm³/mol. The van der Waals surface area contributed by atoms with E-state index in [-0.39, 0.29) is 17.2 Å². The van der Waals surface area contributed by atoms with E-state index in [2.05, 4.69) is 36.5 Å². The highest BCUT2D eigenvalue weighted by Crippen LogP contribution is 2.32. The largest absolute Gasteiger partial charge is 0.492 e. The summed E-state index contributed by atoms with van der Waals surface area (Å²) >= 11 is 0. The van der Waals surface area contributed by atoms with Gasteiger partial charge in [0.2, 0.25) is 5.91 Å². The van der Waals surface area contributed by atoms with Gasteiger partial charge in [-0.1, -0.05) is 78.9 Å². The third kappa shape index (κ3) is 3.65. The maximum Gasteiger partial charge on any atom is 0.226 e. The van der Waals surface area contributed by atoms with E-state index in [0.717, 1.165) is 17.7 Å². The fourth-order valence-corrected chi connectivity index (χ4v) is 3.89. The number of para-hydroxylation sites is 1. The topological polar surface area (TPSA) is 38.3 Å². The van der Waals surface area contributed by atoms with Gasteiger partial charge in [-0.3, -0.25) is 4.79 Å². The number of hydrogen-bond acceptors (Lipinski definition) is 2. The Bertz CT molecular complexity index is 898. The summed E-state index contributed by atoms with van der Waals surface area (Å²) in [4.78, 5) is 12.9. The van der Waals surface area contributed by atoms with E-state index in [1.807, 2.05) is 60.7 Å². The number of fused-ring (bicyclic) bond motifs is 1. The second-order valence-corrected chi connectivity index (χ2v) is 7.60. The first-order chi connectivity index (χ1) is 13.7. The number of carbonyl (C=O) groups excluding carboxylic acids is 1. The van der Waals surface area contributed by atoms with Crippen LogP contribution >= 0.6 is 0 Å². The fraction of sp³-hybridized carbons (Fsp3) is 0.240. The summed E-state index contributed by atoms with van der Waals surface area (Å²) in [5, 5.41) is 3.20. The zero-order valence-electron chi connectivity index (χ0n) is 16.1. The summed E-state index contributed by atoms with van der Waals surface area (Å²) in [6, 6.07) is 28.7. The van der Waals surface area contributed by atoms with Gasteiger partial charge in [-0.25, -0.2) is 0 Å². The van der Waals surface area contributed by atoms with Crippen LogP contribution in [0.3, 0.4) is 0 Å². The molecular formula is C25H25NO2. The molecular weight excluding hydrogens is 346 g/mol. The lowest BCUT2D eigenvalue weighted by Crippen LogP contribution is -2.44. The minimum Gasteiger partial charge on any atom is -0.492 e. The van der Waals surface area contributed by atoms with E-state index < -0.39 is 0 Å². The molecule has 3 heteroatoms. The van der Waals surface area contributed by atoms with Crippen LogP contribution in [0.4, 0.5) is 0 Å². The molecule has 1 aliphatic heterocycles. The van der Waals surface area contributed by atoms with Gasteiger partial charge in [0.25, 0.3) is 0 Å². The quantitative estimate of drug-likeness (QED) is 0.724. The van der Waals surface area contributed by atoms with Crippen LogP contribution in [0.5, 0.6) is 5.75 Å². The van der Waals surface area contributed by atoms with Gasteiger partial charge in [-0.2, -0.15) is 0 Å². The SMILES string of the molecule is CC(CNC(=O)C1COc2ccccc2C1)(c1ccccc1)c1ccccc1. The lowest BCUT2D eigenvalue weighted by molar-refractivity contribution is -0.126. The fourth-order valence-electron chi connectivity index (χ4n) is 3.89. The molecule has 1 heterocycles. The van der Waals surface area contributed by atoms with Crippen molar-refractivity contribution in [3.05, 3.63) is 102 Å². The van der Waals surface area contributed by atoms with Crippen molar-refractivity contribution in [1.82, 2.24) is 5.32 Å². The van der Waals surface area contributed by atoms with Crippen molar-refractivity contribution in [2.75, 3.05) is 13.2 Å². The van der Waals surface area contributed by atoms with Crippen LogP contribution in [0, 0.1) is 5.92 Å². The molecule has 0 saturated carbocycles. The molecule has 3 aromatic rings. The number of carbonyl (C=O) groups is 1. The minimum absolute atomic E-state index is 0.0487. The van der Waals surface area contributed by atoms with E-state index in [0.29, 0.717) is 13.2 Å². The zero-order valence-corrected chi connectivity index (χ0v) is 16.1. The number of hydrogen-bond donors (Lipinski definition) is 1. The first-order valence-corrected chi connectivity index (χ1v) is 9.76. The van der Waals surface area contributed by atoms with Crippen LogP contribution in [0.25, 0.3) is 0 Å². The average Bonchev–Trinajstić information content (AvgIpc) is 2.78. The first kappa shape index (κ1) is 18.3. The third-order valence-corrected chi connectivity index (χ3v) is 5.69. The molecule has 28 heavy (non-hydrogen) atoms. The van der Waals surface area contributed by atoms with E-state index in [4.69, 9.17) is 4.74 Å². The maximum atomic E-state index is 12.9. The Labute approximate surface area is 166 Å². The summed E-state index contributed by atoms with van der Waals surface area (Å²) < 4.78 is 5.80. The monoisotopic (exact) mass is 371 g/mol. The van der Waals surface area contributed by atoms with Gasteiger partial charge < -0.3 is 10.1 Å². The Morgan fingerprint density at radius 3 is 2.14 bits per heavy atom. The molecule has 1 unspecified atom stereocenters. The molecule has 0 saturated heterocycles. The summed E-state index contributed by atoms with van der Waals surface area (Å²) in [7, 11) is 0. The van der Waals surface area contributed by atoms with Crippen LogP contribution in [0.2, 0.25) is 0 Å². The van der Waals surface area contributed by atoms with E-state index >= 15 is 0 Å². The number of benzene rings is 3. The van der Waals surface area contributed by atoms with Crippen LogP contribution in [0.1, 0.15) is 23.6 Å². The van der Waals surface area contributed by atoms with Gasteiger partial charge in [-0.15, -0.1) is 0 Å². The summed E-state index contributed by atoms with van der Waals surface area (Å²) in [5.41, 5.74) is 3.17. The molecule has 1 aliphatic rings. The van der Waals surface area contributed by atoms with E-state index in [1.165, 1.54) is 11.1 Å². The molecule has 3 nitrogen and oxygen atoms in total. The van der Waals surface area contributed by atoms with Crippen molar-refractivity contribution < 1.29 is 9.53 Å². The van der Waals surface area contributed by atoms with Crippen LogP contribution < -0.4 is 10.1 Å². The second-order valence-electron chi connectivity index (χ2n) is 7.60. The van der Waals surface area contributed by atoms with Gasteiger partial charge in [-0.05, 0) is 36.1 Å². The predicted octanol–water partition coefficient (Wildman–Crippen LogP) is 4.36. The average molecular weight is 371 g/mol. The maximum absolute atomic E-state index is 12.9. The smallest absolute Gasteiger partial charge is 0.226 e. The van der Waals surface area contributed by atoms with Crippen molar-refractivity contribution in [3.63, 3.8) is 0 Å². The standard InChI is InChI=1S/C25H25NO2/c1-25(21-11-4-2-5-12-21,22-13-6-3-7-14-22)18-26-24(27)20-16-19-10-8-9-15-23(19)28-17-20/h2-15,20H,16-18H2,1H3,(H,26,27). The van der Waals surface area contributed by atoms with Gasteiger partial charge in [0.1, 0.15) is 12.4 Å². The lowest BCUT2D eigenvalue weighted by atomic mass is 9.76. The molecule has 0 fully saturated rings. The molecule has 1 N–H and O–H groups in total. The molecule has 0 aromatic heterocycles. The summed E-state index contributed by atoms with van der Waals surface area (Å²) in [5.74, 6) is 0.781. The Balaban J connectivity index is 1.52. The number of nitrogens with one attached hydrogen (secondary N) is 1. The van der Waals surface area contributed by atoms with Crippen molar-refractivity contribution in [3.8, 4) is 5.75 Å². The summed E-state index contributed by atoms with van der Waals surface area (Å²) in [6.45, 7) is 3.15. The number of rotatable bonds is 5. The Kier molecular flexibility index (Phi) is 5.16. The highest BCUT2D eigenvalue weighted by atomic mass is 16.5. The first-order valence-electron chi connectivity index (χ1n) is 9.76. The Hall–Kier alpha value is -3.07. The zero-order chi connectivity index (χ0) is 19.4. The normalized spacial score (nSPS) is 16.0. The summed E-state index contributed by atoms with van der Waals surface area (Å²) in [6.07, 6.45) is 0.718. The molecule has 0 bridgehead atoms.